The van der Waals surface area contributed by atoms with Gasteiger partial charge in [0.05, 0.1) is 0 Å². The van der Waals surface area contributed by atoms with Crippen LogP contribution in [0.2, 0.25) is 0 Å². The molecule has 6 heteroatoms. The second-order valence-electron chi connectivity index (χ2n) is 6.10. The van der Waals surface area contributed by atoms with Gasteiger partial charge in [0.2, 0.25) is 5.91 Å². The molecule has 2 fully saturated rings. The predicted octanol–water partition coefficient (Wildman–Crippen LogP) is 1.11. The van der Waals surface area contributed by atoms with E-state index in [2.05, 4.69) is 5.32 Å². The van der Waals surface area contributed by atoms with Crippen molar-refractivity contribution in [3.05, 3.63) is 0 Å². The van der Waals surface area contributed by atoms with Gasteiger partial charge in [0.1, 0.15) is 12.1 Å². The Morgan fingerprint density at radius 2 is 1.65 bits per heavy atom. The minimum absolute atomic E-state index is 0.131. The molecule has 0 spiro atoms. The Hall–Kier alpha value is -1.59. The summed E-state index contributed by atoms with van der Waals surface area (Å²) in [5.74, 6) is -0.462. The van der Waals surface area contributed by atoms with E-state index in [4.69, 9.17) is 0 Å². The predicted molar refractivity (Wildman–Crippen MR) is 74.0 cm³/mol. The molecule has 6 nitrogen and oxygen atoms in total. The summed E-state index contributed by atoms with van der Waals surface area (Å²) in [5, 5.41) is 2.59. The third-order valence-corrected chi connectivity index (χ3v) is 3.95. The number of hydrogen-bond donors (Lipinski definition) is 1. The van der Waals surface area contributed by atoms with Crippen LogP contribution in [0.15, 0.2) is 0 Å². The monoisotopic (exact) mass is 281 g/mol. The highest BCUT2D eigenvalue weighted by Gasteiger charge is 2.45. The van der Waals surface area contributed by atoms with Crippen LogP contribution in [0, 0.1) is 0 Å². The molecular formula is C14H23N3O3. The van der Waals surface area contributed by atoms with E-state index in [9.17, 15) is 14.4 Å². The van der Waals surface area contributed by atoms with E-state index < -0.39 is 11.6 Å². The molecule has 0 aromatic rings. The number of nitrogens with one attached hydrogen (secondary N) is 1. The molecule has 2 saturated heterocycles. The van der Waals surface area contributed by atoms with Crippen molar-refractivity contribution in [1.82, 2.24) is 15.1 Å². The first-order chi connectivity index (χ1) is 9.42. The maximum atomic E-state index is 12.3. The molecule has 0 aliphatic carbocycles. The normalized spacial score (nSPS) is 23.3. The van der Waals surface area contributed by atoms with Crippen molar-refractivity contribution in [3.63, 3.8) is 0 Å². The molecule has 0 radical (unpaired) electrons. The quantitative estimate of drug-likeness (QED) is 0.771. The molecule has 1 N–H and O–H groups in total. The van der Waals surface area contributed by atoms with Gasteiger partial charge in [-0.3, -0.25) is 14.5 Å². The van der Waals surface area contributed by atoms with Crippen LogP contribution in [0.4, 0.5) is 4.79 Å². The van der Waals surface area contributed by atoms with Gasteiger partial charge in [0, 0.05) is 13.1 Å². The number of imide groups is 1. The van der Waals surface area contributed by atoms with Crippen molar-refractivity contribution in [2.45, 2.75) is 51.5 Å². The van der Waals surface area contributed by atoms with Gasteiger partial charge in [0.15, 0.2) is 0 Å². The van der Waals surface area contributed by atoms with Crippen LogP contribution in [0.5, 0.6) is 0 Å². The third kappa shape index (κ3) is 3.11. The maximum absolute atomic E-state index is 12.3. The Kier molecular flexibility index (Phi) is 4.30. The van der Waals surface area contributed by atoms with E-state index in [-0.39, 0.29) is 18.4 Å². The molecule has 0 atom stereocenters. The molecule has 20 heavy (non-hydrogen) atoms. The van der Waals surface area contributed by atoms with Gasteiger partial charge in [-0.2, -0.15) is 0 Å². The van der Waals surface area contributed by atoms with Gasteiger partial charge in [0.25, 0.3) is 5.91 Å². The number of nitrogens with zero attached hydrogens (tertiary/aromatic N) is 2. The molecule has 2 heterocycles. The van der Waals surface area contributed by atoms with Gasteiger partial charge in [-0.25, -0.2) is 4.79 Å². The molecule has 0 unspecified atom stereocenters. The molecular weight excluding hydrogens is 258 g/mol. The lowest BCUT2D eigenvalue weighted by Crippen LogP contribution is -2.45. The highest BCUT2D eigenvalue weighted by molar-refractivity contribution is 6.08. The first-order valence-electron chi connectivity index (χ1n) is 7.34. The molecule has 0 aromatic carbocycles. The number of hydrogen-bond acceptors (Lipinski definition) is 3. The molecule has 0 saturated carbocycles. The van der Waals surface area contributed by atoms with Crippen molar-refractivity contribution in [3.8, 4) is 0 Å². The van der Waals surface area contributed by atoms with Crippen LogP contribution >= 0.6 is 0 Å². The first kappa shape index (κ1) is 14.8. The van der Waals surface area contributed by atoms with Crippen molar-refractivity contribution in [1.29, 1.82) is 0 Å². The average Bonchev–Trinajstić information content (AvgIpc) is 2.51. The molecule has 0 bridgehead atoms. The lowest BCUT2D eigenvalue weighted by atomic mass is 10.1. The van der Waals surface area contributed by atoms with Crippen molar-refractivity contribution < 1.29 is 14.4 Å². The summed E-state index contributed by atoms with van der Waals surface area (Å²) in [6, 6.07) is -0.472. The molecule has 2 aliphatic rings. The van der Waals surface area contributed by atoms with Crippen molar-refractivity contribution in [2.24, 2.45) is 0 Å². The SMILES string of the molecule is CC1(C)NC(=O)N(CC(=O)N2CCCCCCC2)C1=O. The Morgan fingerprint density at radius 3 is 2.15 bits per heavy atom. The average molecular weight is 281 g/mol. The molecule has 0 aromatic heterocycles. The Morgan fingerprint density at radius 1 is 1.10 bits per heavy atom. The van der Waals surface area contributed by atoms with Gasteiger partial charge < -0.3 is 10.2 Å². The Labute approximate surface area is 119 Å². The number of rotatable bonds is 2. The summed E-state index contributed by atoms with van der Waals surface area (Å²) in [5.41, 5.74) is -0.909. The fourth-order valence-electron chi connectivity index (χ4n) is 2.69. The van der Waals surface area contributed by atoms with Crippen LogP contribution in [0.3, 0.4) is 0 Å². The van der Waals surface area contributed by atoms with Gasteiger partial charge in [-0.05, 0) is 26.7 Å². The van der Waals surface area contributed by atoms with Crippen molar-refractivity contribution in [2.75, 3.05) is 19.6 Å². The third-order valence-electron chi connectivity index (χ3n) is 3.95. The van der Waals surface area contributed by atoms with E-state index in [1.54, 1.807) is 18.7 Å². The highest BCUT2D eigenvalue weighted by atomic mass is 16.2. The second-order valence-corrected chi connectivity index (χ2v) is 6.10. The standard InChI is InChI=1S/C14H23N3O3/c1-14(2)12(19)17(13(20)15-14)10-11(18)16-8-6-4-3-5-7-9-16/h3-10H2,1-2H3,(H,15,20). The Balaban J connectivity index is 1.96. The minimum Gasteiger partial charge on any atom is -0.341 e. The van der Waals surface area contributed by atoms with E-state index in [0.29, 0.717) is 0 Å². The van der Waals surface area contributed by atoms with Gasteiger partial charge in [-0.15, -0.1) is 0 Å². The van der Waals surface area contributed by atoms with E-state index in [1.807, 2.05) is 0 Å². The van der Waals surface area contributed by atoms with Gasteiger partial charge in [-0.1, -0.05) is 19.3 Å². The zero-order chi connectivity index (χ0) is 14.8. The number of likely N-dealkylation sites (tertiary alicyclic amines) is 1. The van der Waals surface area contributed by atoms with Crippen LogP contribution in [0.25, 0.3) is 0 Å². The summed E-state index contributed by atoms with van der Waals surface area (Å²) in [4.78, 5) is 38.9. The molecule has 2 aliphatic heterocycles. The maximum Gasteiger partial charge on any atom is 0.325 e. The largest absolute Gasteiger partial charge is 0.341 e. The van der Waals surface area contributed by atoms with E-state index in [1.165, 1.54) is 6.42 Å². The first-order valence-corrected chi connectivity index (χ1v) is 7.34. The lowest BCUT2D eigenvalue weighted by Gasteiger charge is -2.26. The molecule has 4 amide bonds. The Bertz CT molecular complexity index is 412. The zero-order valence-electron chi connectivity index (χ0n) is 12.3. The van der Waals surface area contributed by atoms with Crippen molar-refractivity contribution >= 4 is 17.8 Å². The number of urea groups is 1. The van der Waals surface area contributed by atoms with E-state index >= 15 is 0 Å². The smallest absolute Gasteiger partial charge is 0.325 e. The minimum atomic E-state index is -0.909. The topological polar surface area (TPSA) is 69.7 Å². The second kappa shape index (κ2) is 5.81. The fraction of sp³-hybridized carbons (Fsp3) is 0.786. The summed E-state index contributed by atoms with van der Waals surface area (Å²) in [7, 11) is 0. The fourth-order valence-corrected chi connectivity index (χ4v) is 2.69. The molecule has 112 valence electrons. The number of carbonyl (C=O) groups is 3. The summed E-state index contributed by atoms with van der Waals surface area (Å²) < 4.78 is 0. The summed E-state index contributed by atoms with van der Waals surface area (Å²) in [6.07, 6.45) is 5.50. The van der Waals surface area contributed by atoms with Crippen LogP contribution < -0.4 is 5.32 Å². The van der Waals surface area contributed by atoms with Gasteiger partial charge >= 0.3 is 6.03 Å². The summed E-state index contributed by atoms with van der Waals surface area (Å²) >= 11 is 0. The van der Waals surface area contributed by atoms with Crippen LogP contribution in [-0.2, 0) is 9.59 Å². The highest BCUT2D eigenvalue weighted by Crippen LogP contribution is 2.17. The number of amides is 4. The summed E-state index contributed by atoms with van der Waals surface area (Å²) in [6.45, 7) is 4.60. The van der Waals surface area contributed by atoms with Crippen LogP contribution in [0.1, 0.15) is 46.0 Å². The number of carbonyl (C=O) groups excluding carboxylic acids is 3. The van der Waals surface area contributed by atoms with E-state index in [0.717, 1.165) is 43.7 Å². The zero-order valence-corrected chi connectivity index (χ0v) is 12.3. The lowest BCUT2D eigenvalue weighted by molar-refractivity contribution is -0.138. The molecule has 2 rings (SSSR count). The van der Waals surface area contributed by atoms with Crippen LogP contribution in [-0.4, -0.2) is 52.8 Å².